The van der Waals surface area contributed by atoms with E-state index in [0.29, 0.717) is 31.9 Å². The van der Waals surface area contributed by atoms with E-state index in [-0.39, 0.29) is 0 Å². The van der Waals surface area contributed by atoms with Crippen LogP contribution in [-0.2, 0) is 24.5 Å². The van der Waals surface area contributed by atoms with Gasteiger partial charge in [-0.25, -0.2) is 10.0 Å². The Labute approximate surface area is 251 Å². The zero-order valence-electron chi connectivity index (χ0n) is 26.1. The van der Waals surface area contributed by atoms with Crippen LogP contribution in [-0.4, -0.2) is 14.5 Å². The predicted octanol–water partition coefficient (Wildman–Crippen LogP) is 8.32. The van der Waals surface area contributed by atoms with Crippen molar-refractivity contribution in [2.75, 3.05) is 5.48 Å². The maximum atomic E-state index is 9.15. The van der Waals surface area contributed by atoms with Crippen LogP contribution in [0.2, 0.25) is 0 Å². The summed E-state index contributed by atoms with van der Waals surface area (Å²) < 4.78 is 4.13. The summed E-state index contributed by atoms with van der Waals surface area (Å²) in [6.07, 6.45) is 19.9. The van der Waals surface area contributed by atoms with Gasteiger partial charge in [-0.1, -0.05) is 81.9 Å². The lowest BCUT2D eigenvalue weighted by Crippen LogP contribution is -2.32. The lowest BCUT2D eigenvalue weighted by Gasteiger charge is -2.07. The molecular formula is C35H47N6O+. The van der Waals surface area contributed by atoms with Gasteiger partial charge in [-0.05, 0) is 78.7 Å². The second-order valence-corrected chi connectivity index (χ2v) is 11.2. The molecule has 0 saturated heterocycles. The molecule has 7 heteroatoms. The molecule has 0 atom stereocenters. The molecule has 0 aliphatic heterocycles. The number of allylic oxidation sites excluding steroid dienone is 8. The van der Waals surface area contributed by atoms with Gasteiger partial charge in [-0.3, -0.25) is 9.40 Å². The van der Waals surface area contributed by atoms with E-state index < -0.39 is 0 Å². The minimum absolute atomic E-state index is 0.410. The van der Waals surface area contributed by atoms with Crippen molar-refractivity contribution in [3.8, 4) is 6.07 Å². The van der Waals surface area contributed by atoms with Gasteiger partial charge in [-0.2, -0.15) is 10.2 Å². The molecule has 0 saturated carbocycles. The van der Waals surface area contributed by atoms with Crippen molar-refractivity contribution >= 4 is 17.0 Å². The number of hydrogen-bond donors (Lipinski definition) is 1. The van der Waals surface area contributed by atoms with Gasteiger partial charge in [0.1, 0.15) is 0 Å². The van der Waals surface area contributed by atoms with Gasteiger partial charge in [-0.15, -0.1) is 0 Å². The molecule has 0 aliphatic rings. The van der Waals surface area contributed by atoms with Crippen LogP contribution in [0, 0.1) is 11.3 Å². The topological polar surface area (TPSA) is 79.6 Å². The number of imidazole rings is 1. The first-order valence-electron chi connectivity index (χ1n) is 15.0. The summed E-state index contributed by atoms with van der Waals surface area (Å²) in [6.45, 7) is 12.7. The van der Waals surface area contributed by atoms with Gasteiger partial charge in [0, 0.05) is 0 Å². The summed E-state index contributed by atoms with van der Waals surface area (Å²) in [5.74, 6) is 0.609. The standard InChI is InChI=1S/C35H47N6O/c1-28(2)13-9-14-29(3)15-10-16-30(4)17-11-18-31(5)21-24-40-27-41(23-12-22-36)35-33(40)34(37-26-38-35)39-42-25-32-19-7-6-8-20-32/h6-8,13,15,17,19-21,26-27H,9-12,14,16,18,23-25H2,1-5H3,(H,37,38,39)/q+1/b29-15+,30-17+,31-21+. The number of rotatable bonds is 17. The van der Waals surface area contributed by atoms with Crippen LogP contribution >= 0.6 is 0 Å². The lowest BCUT2D eigenvalue weighted by molar-refractivity contribution is -0.672. The molecule has 0 radical (unpaired) electrons. The number of hydrogen-bond acceptors (Lipinski definition) is 5. The van der Waals surface area contributed by atoms with E-state index in [9.17, 15) is 0 Å². The van der Waals surface area contributed by atoms with Crippen molar-refractivity contribution < 1.29 is 9.40 Å². The molecular weight excluding hydrogens is 520 g/mol. The Morgan fingerprint density at radius 1 is 0.905 bits per heavy atom. The fraction of sp³-hybridized carbons (Fsp3) is 0.429. The number of fused-ring (bicyclic) bond motifs is 1. The minimum Gasteiger partial charge on any atom is -0.270 e. The van der Waals surface area contributed by atoms with Gasteiger partial charge >= 0.3 is 5.65 Å². The molecule has 0 amide bonds. The van der Waals surface area contributed by atoms with E-state index in [1.54, 1.807) is 0 Å². The Kier molecular flexibility index (Phi) is 13.7. The molecule has 0 bridgehead atoms. The van der Waals surface area contributed by atoms with Crippen LogP contribution in [0.5, 0.6) is 0 Å². The smallest absolute Gasteiger partial charge is 0.270 e. The highest BCUT2D eigenvalue weighted by Crippen LogP contribution is 2.19. The SMILES string of the molecule is CC(C)=CCC/C(C)=C/CC/C(C)=C/CC/C(C)=C/Cn1c[n+](CCC#N)c2ncnc(NOCc3ccccc3)c21. The Hall–Kier alpha value is -4.02. The molecule has 3 aromatic rings. The average molecular weight is 568 g/mol. The lowest BCUT2D eigenvalue weighted by atomic mass is 10.0. The van der Waals surface area contributed by atoms with E-state index >= 15 is 0 Å². The number of aryl methyl sites for hydroxylation is 1. The highest BCUT2D eigenvalue weighted by Gasteiger charge is 2.21. The zero-order chi connectivity index (χ0) is 30.2. The number of nitrogens with one attached hydrogen (secondary N) is 1. The fourth-order valence-electron chi connectivity index (χ4n) is 4.68. The first kappa shape index (κ1) is 32.5. The summed E-state index contributed by atoms with van der Waals surface area (Å²) in [5, 5.41) is 9.15. The number of nitriles is 1. The molecule has 222 valence electrons. The summed E-state index contributed by atoms with van der Waals surface area (Å²) in [7, 11) is 0. The van der Waals surface area contributed by atoms with Gasteiger partial charge in [0.25, 0.3) is 0 Å². The average Bonchev–Trinajstić information content (AvgIpc) is 3.33. The Bertz CT molecular complexity index is 1440. The maximum absolute atomic E-state index is 9.15. The molecule has 0 fully saturated rings. The largest absolute Gasteiger partial charge is 0.307 e. The van der Waals surface area contributed by atoms with Gasteiger partial charge < -0.3 is 0 Å². The second-order valence-electron chi connectivity index (χ2n) is 11.2. The van der Waals surface area contributed by atoms with Crippen LogP contribution in [0.25, 0.3) is 11.2 Å². The monoisotopic (exact) mass is 567 g/mol. The molecule has 0 aliphatic carbocycles. The summed E-state index contributed by atoms with van der Waals surface area (Å²) in [5.41, 5.74) is 11.4. The van der Waals surface area contributed by atoms with Crippen molar-refractivity contribution in [2.45, 2.75) is 99.3 Å². The van der Waals surface area contributed by atoms with Crippen LogP contribution in [0.15, 0.2) is 89.6 Å². The van der Waals surface area contributed by atoms with Crippen LogP contribution in [0.4, 0.5) is 5.82 Å². The third-order valence-corrected chi connectivity index (χ3v) is 7.15. The van der Waals surface area contributed by atoms with Crippen LogP contribution in [0.1, 0.15) is 85.1 Å². The molecule has 42 heavy (non-hydrogen) atoms. The molecule has 2 aromatic heterocycles. The van der Waals surface area contributed by atoms with Crippen molar-refractivity contribution in [1.29, 1.82) is 5.26 Å². The normalized spacial score (nSPS) is 12.4. The molecule has 0 unspecified atom stereocenters. The van der Waals surface area contributed by atoms with Crippen LogP contribution in [0.3, 0.4) is 0 Å². The number of nitrogens with zero attached hydrogens (tertiary/aromatic N) is 5. The summed E-state index contributed by atoms with van der Waals surface area (Å²) in [4.78, 5) is 14.8. The molecule has 1 aromatic carbocycles. The summed E-state index contributed by atoms with van der Waals surface area (Å²) >= 11 is 0. The van der Waals surface area contributed by atoms with Crippen LogP contribution < -0.4 is 10.0 Å². The maximum Gasteiger partial charge on any atom is 0.307 e. The van der Waals surface area contributed by atoms with Crippen molar-refractivity contribution in [1.82, 2.24) is 14.5 Å². The van der Waals surface area contributed by atoms with E-state index in [4.69, 9.17) is 10.1 Å². The first-order valence-corrected chi connectivity index (χ1v) is 15.0. The number of aromatic nitrogens is 4. The van der Waals surface area contributed by atoms with Gasteiger partial charge in [0.15, 0.2) is 18.5 Å². The van der Waals surface area contributed by atoms with E-state index in [1.165, 1.54) is 28.6 Å². The minimum atomic E-state index is 0.410. The molecule has 2 heterocycles. The third kappa shape index (κ3) is 11.1. The van der Waals surface area contributed by atoms with E-state index in [0.717, 1.165) is 55.3 Å². The van der Waals surface area contributed by atoms with Crippen molar-refractivity contribution in [3.05, 3.63) is 95.1 Å². The molecule has 1 N–H and O–H groups in total. The third-order valence-electron chi connectivity index (χ3n) is 7.15. The Balaban J connectivity index is 1.59. The quantitative estimate of drug-likeness (QED) is 0.101. The fourth-order valence-corrected chi connectivity index (χ4v) is 4.68. The Morgan fingerprint density at radius 3 is 2.19 bits per heavy atom. The van der Waals surface area contributed by atoms with Gasteiger partial charge in [0.2, 0.25) is 5.52 Å². The van der Waals surface area contributed by atoms with E-state index in [1.807, 2.05) is 41.2 Å². The number of anilines is 1. The van der Waals surface area contributed by atoms with Crippen molar-refractivity contribution in [2.24, 2.45) is 0 Å². The second kappa shape index (κ2) is 17.7. The molecule has 3 rings (SSSR count). The molecule has 0 spiro atoms. The molecule has 7 nitrogen and oxygen atoms in total. The van der Waals surface area contributed by atoms with Gasteiger partial charge in [0.05, 0.1) is 32.2 Å². The first-order chi connectivity index (χ1) is 20.4. The number of benzene rings is 1. The Morgan fingerprint density at radius 2 is 1.55 bits per heavy atom. The highest BCUT2D eigenvalue weighted by atomic mass is 16.6. The van der Waals surface area contributed by atoms with E-state index in [2.05, 4.69) is 85.0 Å². The highest BCUT2D eigenvalue weighted by molar-refractivity contribution is 5.80. The summed E-state index contributed by atoms with van der Waals surface area (Å²) in [6, 6.07) is 12.2. The zero-order valence-corrected chi connectivity index (χ0v) is 26.1. The predicted molar refractivity (Wildman–Crippen MR) is 171 cm³/mol. The van der Waals surface area contributed by atoms with Crippen molar-refractivity contribution in [3.63, 3.8) is 0 Å².